The molecule has 140 valence electrons. The van der Waals surface area contributed by atoms with Gasteiger partial charge in [-0.25, -0.2) is 14.6 Å². The average Bonchev–Trinajstić information content (AvgIpc) is 3.03. The topological polar surface area (TPSA) is 94.7 Å². The van der Waals surface area contributed by atoms with Crippen molar-refractivity contribution in [2.24, 2.45) is 0 Å². The zero-order valence-corrected chi connectivity index (χ0v) is 15.5. The van der Waals surface area contributed by atoms with Gasteiger partial charge in [0.1, 0.15) is 6.54 Å². The molecule has 0 bridgehead atoms. The van der Waals surface area contributed by atoms with Gasteiger partial charge in [-0.2, -0.15) is 5.10 Å². The fourth-order valence-electron chi connectivity index (χ4n) is 3.02. The van der Waals surface area contributed by atoms with Crippen LogP contribution >= 0.6 is 0 Å². The number of aryl methyl sites for hydroxylation is 2. The van der Waals surface area contributed by atoms with Gasteiger partial charge in [-0.3, -0.25) is 14.2 Å². The van der Waals surface area contributed by atoms with Crippen LogP contribution in [0.1, 0.15) is 11.4 Å². The van der Waals surface area contributed by atoms with Crippen LogP contribution in [0.2, 0.25) is 0 Å². The molecule has 0 unspecified atom stereocenters. The minimum atomic E-state index is -0.333. The lowest BCUT2D eigenvalue weighted by Crippen LogP contribution is -2.27. The van der Waals surface area contributed by atoms with E-state index in [2.05, 4.69) is 20.4 Å². The van der Waals surface area contributed by atoms with Crippen molar-refractivity contribution in [3.63, 3.8) is 0 Å². The average molecular weight is 374 g/mol. The van der Waals surface area contributed by atoms with Gasteiger partial charge in [0.25, 0.3) is 5.56 Å². The molecule has 0 aliphatic rings. The maximum absolute atomic E-state index is 12.5. The molecule has 0 saturated heterocycles. The van der Waals surface area contributed by atoms with Crippen LogP contribution in [0.15, 0.2) is 59.8 Å². The molecule has 1 N–H and O–H groups in total. The lowest BCUT2D eigenvalue weighted by Gasteiger charge is -2.09. The summed E-state index contributed by atoms with van der Waals surface area (Å²) in [5, 5.41) is 7.61. The summed E-state index contributed by atoms with van der Waals surface area (Å²) in [6.45, 7) is 3.74. The first kappa shape index (κ1) is 17.6. The Balaban J connectivity index is 1.49. The van der Waals surface area contributed by atoms with E-state index in [1.807, 2.05) is 26.0 Å². The first-order valence-corrected chi connectivity index (χ1v) is 8.75. The van der Waals surface area contributed by atoms with E-state index in [0.717, 1.165) is 11.4 Å². The highest BCUT2D eigenvalue weighted by Gasteiger charge is 2.09. The molecule has 0 atom stereocenters. The van der Waals surface area contributed by atoms with Gasteiger partial charge in [-0.1, -0.05) is 12.1 Å². The van der Waals surface area contributed by atoms with Gasteiger partial charge in [0.2, 0.25) is 5.91 Å². The molecule has 4 rings (SSSR count). The number of aromatic nitrogens is 5. The highest BCUT2D eigenvalue weighted by molar-refractivity contribution is 5.90. The fourth-order valence-corrected chi connectivity index (χ4v) is 3.02. The van der Waals surface area contributed by atoms with E-state index in [1.165, 1.54) is 10.9 Å². The molecular formula is C20H18N6O2. The van der Waals surface area contributed by atoms with Crippen molar-refractivity contribution in [1.82, 2.24) is 24.3 Å². The Kier molecular flexibility index (Phi) is 4.44. The van der Waals surface area contributed by atoms with Crippen LogP contribution in [0, 0.1) is 13.8 Å². The first-order chi connectivity index (χ1) is 13.5. The highest BCUT2D eigenvalue weighted by atomic mass is 16.2. The lowest BCUT2D eigenvalue weighted by atomic mass is 10.2. The van der Waals surface area contributed by atoms with E-state index >= 15 is 0 Å². The second kappa shape index (κ2) is 7.07. The third-order valence-electron chi connectivity index (χ3n) is 4.30. The number of rotatable bonds is 4. The van der Waals surface area contributed by atoms with Crippen molar-refractivity contribution in [2.75, 3.05) is 5.32 Å². The molecule has 3 aromatic heterocycles. The van der Waals surface area contributed by atoms with Crippen LogP contribution in [0.25, 0.3) is 16.7 Å². The number of hydrogen-bond acceptors (Lipinski definition) is 5. The van der Waals surface area contributed by atoms with Crippen molar-refractivity contribution in [3.05, 3.63) is 76.7 Å². The summed E-state index contributed by atoms with van der Waals surface area (Å²) in [5.41, 5.74) is 2.78. The van der Waals surface area contributed by atoms with E-state index in [4.69, 9.17) is 0 Å². The summed E-state index contributed by atoms with van der Waals surface area (Å²) < 4.78 is 3.02. The predicted molar refractivity (Wildman–Crippen MR) is 105 cm³/mol. The summed E-state index contributed by atoms with van der Waals surface area (Å²) in [6, 6.07) is 12.5. The number of nitrogens with one attached hydrogen (secondary N) is 1. The largest absolute Gasteiger partial charge is 0.323 e. The standard InChI is InChI=1S/C20H18N6O2/c1-13-9-14(2)26(24-13)18-8-7-15(10-21-18)23-19(27)11-25-12-22-17-6-4-3-5-16(17)20(25)28/h3-10,12H,11H2,1-2H3,(H,23,27). The van der Waals surface area contributed by atoms with E-state index in [0.29, 0.717) is 22.4 Å². The molecule has 28 heavy (non-hydrogen) atoms. The van der Waals surface area contributed by atoms with Crippen molar-refractivity contribution >= 4 is 22.5 Å². The van der Waals surface area contributed by atoms with Gasteiger partial charge in [0.15, 0.2) is 5.82 Å². The molecule has 4 aromatic rings. The number of amides is 1. The number of anilines is 1. The molecule has 0 aliphatic carbocycles. The number of nitrogens with zero attached hydrogens (tertiary/aromatic N) is 5. The van der Waals surface area contributed by atoms with Crippen molar-refractivity contribution in [2.45, 2.75) is 20.4 Å². The number of carbonyl (C=O) groups is 1. The van der Waals surface area contributed by atoms with Crippen LogP contribution < -0.4 is 10.9 Å². The number of para-hydroxylation sites is 1. The molecule has 0 aliphatic heterocycles. The van der Waals surface area contributed by atoms with Gasteiger partial charge in [0.05, 0.1) is 34.8 Å². The minimum absolute atomic E-state index is 0.129. The third-order valence-corrected chi connectivity index (χ3v) is 4.30. The molecule has 0 fully saturated rings. The molecule has 8 heteroatoms. The Morgan fingerprint density at radius 3 is 2.64 bits per heavy atom. The van der Waals surface area contributed by atoms with Crippen molar-refractivity contribution in [3.8, 4) is 5.82 Å². The van der Waals surface area contributed by atoms with Gasteiger partial charge >= 0.3 is 0 Å². The Morgan fingerprint density at radius 2 is 1.93 bits per heavy atom. The summed E-state index contributed by atoms with van der Waals surface area (Å²) in [4.78, 5) is 33.4. The van der Waals surface area contributed by atoms with Gasteiger partial charge in [-0.15, -0.1) is 0 Å². The first-order valence-electron chi connectivity index (χ1n) is 8.75. The van der Waals surface area contributed by atoms with Crippen LogP contribution in [-0.2, 0) is 11.3 Å². The molecule has 1 aromatic carbocycles. The Labute approximate surface area is 160 Å². The maximum Gasteiger partial charge on any atom is 0.261 e. The minimum Gasteiger partial charge on any atom is -0.323 e. The smallest absolute Gasteiger partial charge is 0.261 e. The van der Waals surface area contributed by atoms with E-state index in [1.54, 1.807) is 41.2 Å². The van der Waals surface area contributed by atoms with Crippen LogP contribution in [0.3, 0.4) is 0 Å². The second-order valence-electron chi connectivity index (χ2n) is 6.49. The molecular weight excluding hydrogens is 356 g/mol. The highest BCUT2D eigenvalue weighted by Crippen LogP contribution is 2.13. The van der Waals surface area contributed by atoms with Gasteiger partial charge in [-0.05, 0) is 44.2 Å². The zero-order valence-electron chi connectivity index (χ0n) is 15.5. The predicted octanol–water partition coefficient (Wildman–Crippen LogP) is 2.23. The summed E-state index contributed by atoms with van der Waals surface area (Å²) in [7, 11) is 0. The van der Waals surface area contributed by atoms with E-state index < -0.39 is 0 Å². The van der Waals surface area contributed by atoms with Gasteiger partial charge in [0, 0.05) is 5.69 Å². The summed E-state index contributed by atoms with van der Waals surface area (Å²) >= 11 is 0. The van der Waals surface area contributed by atoms with Gasteiger partial charge < -0.3 is 5.32 Å². The fraction of sp³-hybridized carbons (Fsp3) is 0.150. The number of benzene rings is 1. The number of hydrogen-bond donors (Lipinski definition) is 1. The quantitative estimate of drug-likeness (QED) is 0.591. The van der Waals surface area contributed by atoms with Crippen molar-refractivity contribution in [1.29, 1.82) is 0 Å². The molecule has 0 spiro atoms. The maximum atomic E-state index is 12.5. The Bertz CT molecular complexity index is 1220. The van der Waals surface area contributed by atoms with Crippen LogP contribution in [0.5, 0.6) is 0 Å². The lowest BCUT2D eigenvalue weighted by molar-refractivity contribution is -0.116. The zero-order chi connectivity index (χ0) is 19.7. The Hall–Kier alpha value is -3.81. The molecule has 1 amide bonds. The molecule has 3 heterocycles. The monoisotopic (exact) mass is 374 g/mol. The van der Waals surface area contributed by atoms with E-state index in [9.17, 15) is 9.59 Å². The third kappa shape index (κ3) is 3.39. The number of fused-ring (bicyclic) bond motifs is 1. The Morgan fingerprint density at radius 1 is 1.11 bits per heavy atom. The number of carbonyl (C=O) groups excluding carboxylic acids is 1. The molecule has 0 saturated carbocycles. The van der Waals surface area contributed by atoms with Crippen molar-refractivity contribution < 1.29 is 4.79 Å². The SMILES string of the molecule is Cc1cc(C)n(-c2ccc(NC(=O)Cn3cnc4ccccc4c3=O)cn2)n1. The summed E-state index contributed by atoms with van der Waals surface area (Å²) in [6.07, 6.45) is 2.94. The van der Waals surface area contributed by atoms with Crippen LogP contribution in [0.4, 0.5) is 5.69 Å². The molecule has 8 nitrogen and oxygen atoms in total. The summed E-state index contributed by atoms with van der Waals surface area (Å²) in [5.74, 6) is 0.332. The van der Waals surface area contributed by atoms with Crippen LogP contribution in [-0.4, -0.2) is 30.2 Å². The van der Waals surface area contributed by atoms with E-state index in [-0.39, 0.29) is 18.0 Å². The molecule has 0 radical (unpaired) electrons. The second-order valence-corrected chi connectivity index (χ2v) is 6.49. The normalized spacial score (nSPS) is 10.9. The number of pyridine rings is 1.